The molecule has 3 aromatic carbocycles. The second kappa shape index (κ2) is 7.55. The summed E-state index contributed by atoms with van der Waals surface area (Å²) in [6.07, 6.45) is 0. The van der Waals surface area contributed by atoms with Crippen LogP contribution in [0.4, 0.5) is 17.1 Å². The molecule has 0 saturated carbocycles. The third-order valence-corrected chi connectivity index (χ3v) is 5.74. The van der Waals surface area contributed by atoms with Gasteiger partial charge in [0.05, 0.1) is 9.82 Å². The molecule has 15 heteroatoms. The molecule has 0 unspecified atom stereocenters. The molecule has 0 amide bonds. The first-order valence-corrected chi connectivity index (χ1v) is 10.8. The maximum atomic E-state index is 11.6. The lowest BCUT2D eigenvalue weighted by atomic mass is 10.1. The fourth-order valence-electron chi connectivity index (χ4n) is 2.60. The van der Waals surface area contributed by atoms with E-state index in [1.807, 2.05) is 0 Å². The molecule has 0 atom stereocenters. The summed E-state index contributed by atoms with van der Waals surface area (Å²) in [7, 11) is -9.67. The Balaban J connectivity index is 2.31. The number of benzene rings is 3. The zero-order valence-electron chi connectivity index (χ0n) is 14.9. The van der Waals surface area contributed by atoms with Crippen molar-refractivity contribution in [2.45, 2.75) is 9.79 Å². The Labute approximate surface area is 173 Å². The largest absolute Gasteiger partial charge is 0.506 e. The van der Waals surface area contributed by atoms with Gasteiger partial charge in [0, 0.05) is 17.5 Å². The SMILES string of the molecule is O=[N+]([O-])c1ccc(O)c(/N=N/c2c(O)c(S(=O)(=O)O)cc3cc(S(=O)(=O)O)ccc23)c1. The molecule has 0 radical (unpaired) electrons. The van der Waals surface area contributed by atoms with Crippen molar-refractivity contribution in [3.63, 3.8) is 0 Å². The average Bonchev–Trinajstić information content (AvgIpc) is 2.65. The number of non-ortho nitro benzene ring substituents is 1. The van der Waals surface area contributed by atoms with E-state index < -0.39 is 63.5 Å². The van der Waals surface area contributed by atoms with Gasteiger partial charge in [-0.2, -0.15) is 16.8 Å². The molecule has 31 heavy (non-hydrogen) atoms. The van der Waals surface area contributed by atoms with Crippen molar-refractivity contribution in [2.75, 3.05) is 0 Å². The number of rotatable bonds is 5. The van der Waals surface area contributed by atoms with Crippen molar-refractivity contribution in [1.29, 1.82) is 0 Å². The van der Waals surface area contributed by atoms with Crippen LogP contribution in [-0.4, -0.2) is 41.1 Å². The summed E-state index contributed by atoms with van der Waals surface area (Å²) in [4.78, 5) is 8.48. The van der Waals surface area contributed by atoms with Crippen molar-refractivity contribution in [3.05, 3.63) is 52.6 Å². The Kier molecular flexibility index (Phi) is 5.36. The van der Waals surface area contributed by atoms with Gasteiger partial charge in [0.1, 0.15) is 22.0 Å². The molecule has 0 aliphatic carbocycles. The quantitative estimate of drug-likeness (QED) is 0.185. The van der Waals surface area contributed by atoms with Crippen molar-refractivity contribution in [1.82, 2.24) is 0 Å². The molecular formula is C16H11N3O10S2. The molecule has 4 N–H and O–H groups in total. The van der Waals surface area contributed by atoms with Crippen LogP contribution in [0, 0.1) is 10.1 Å². The first-order chi connectivity index (χ1) is 14.3. The minimum absolute atomic E-state index is 0.0500. The van der Waals surface area contributed by atoms with Gasteiger partial charge >= 0.3 is 0 Å². The number of hydrogen-bond acceptors (Lipinski definition) is 10. The monoisotopic (exact) mass is 469 g/mol. The molecule has 3 aromatic rings. The van der Waals surface area contributed by atoms with Crippen LogP contribution in [0.1, 0.15) is 0 Å². The molecule has 0 aliphatic rings. The second-order valence-corrected chi connectivity index (χ2v) is 8.85. The highest BCUT2D eigenvalue weighted by molar-refractivity contribution is 7.86. The van der Waals surface area contributed by atoms with Gasteiger partial charge in [0.25, 0.3) is 25.9 Å². The van der Waals surface area contributed by atoms with E-state index in [4.69, 9.17) is 0 Å². The number of phenols is 2. The van der Waals surface area contributed by atoms with Gasteiger partial charge in [0.15, 0.2) is 5.75 Å². The minimum atomic E-state index is -5.01. The summed E-state index contributed by atoms with van der Waals surface area (Å²) in [5, 5.41) is 38.0. The van der Waals surface area contributed by atoms with E-state index in [1.165, 1.54) is 0 Å². The Morgan fingerprint density at radius 3 is 2.13 bits per heavy atom. The number of phenolic OH excluding ortho intramolecular Hbond substituents is 2. The Hall–Kier alpha value is -3.66. The molecule has 0 fully saturated rings. The molecule has 0 heterocycles. The molecule has 3 rings (SSSR count). The maximum Gasteiger partial charge on any atom is 0.298 e. The number of aromatic hydroxyl groups is 2. The van der Waals surface area contributed by atoms with Gasteiger partial charge in [-0.05, 0) is 29.7 Å². The average molecular weight is 469 g/mol. The fraction of sp³-hybridized carbons (Fsp3) is 0. The van der Waals surface area contributed by atoms with Gasteiger partial charge in [-0.3, -0.25) is 19.2 Å². The normalized spacial score (nSPS) is 12.5. The van der Waals surface area contributed by atoms with E-state index in [9.17, 15) is 46.3 Å². The Morgan fingerprint density at radius 1 is 0.871 bits per heavy atom. The lowest BCUT2D eigenvalue weighted by Crippen LogP contribution is -2.00. The third kappa shape index (κ3) is 4.43. The maximum absolute atomic E-state index is 11.6. The van der Waals surface area contributed by atoms with Crippen LogP contribution in [0.15, 0.2) is 62.5 Å². The Morgan fingerprint density at radius 2 is 1.55 bits per heavy atom. The second-order valence-electron chi connectivity index (χ2n) is 6.04. The number of fused-ring (bicyclic) bond motifs is 1. The number of nitro groups is 1. The summed E-state index contributed by atoms with van der Waals surface area (Å²) in [5.74, 6) is -1.57. The van der Waals surface area contributed by atoms with E-state index in [2.05, 4.69) is 10.2 Å². The highest BCUT2D eigenvalue weighted by atomic mass is 32.2. The highest BCUT2D eigenvalue weighted by Gasteiger charge is 2.23. The first kappa shape index (κ1) is 22.0. The smallest absolute Gasteiger partial charge is 0.298 e. The lowest BCUT2D eigenvalue weighted by molar-refractivity contribution is -0.384. The molecular weight excluding hydrogens is 458 g/mol. The summed E-state index contributed by atoms with van der Waals surface area (Å²) in [6, 6.07) is 6.46. The predicted octanol–water partition coefficient (Wildman–Crippen LogP) is 3.07. The molecule has 0 saturated heterocycles. The van der Waals surface area contributed by atoms with E-state index >= 15 is 0 Å². The van der Waals surface area contributed by atoms with Gasteiger partial charge < -0.3 is 10.2 Å². The molecule has 0 bridgehead atoms. The molecule has 0 spiro atoms. The van der Waals surface area contributed by atoms with Crippen LogP contribution in [-0.2, 0) is 20.2 Å². The molecule has 0 aliphatic heterocycles. The fourth-order valence-corrected chi connectivity index (χ4v) is 3.73. The van der Waals surface area contributed by atoms with Crippen molar-refractivity contribution in [3.8, 4) is 11.5 Å². The van der Waals surface area contributed by atoms with E-state index in [0.717, 1.165) is 42.5 Å². The van der Waals surface area contributed by atoms with E-state index in [-0.39, 0.29) is 10.8 Å². The topological polar surface area (TPSA) is 217 Å². The predicted molar refractivity (Wildman–Crippen MR) is 104 cm³/mol. The summed E-state index contributed by atoms with van der Waals surface area (Å²) in [5.41, 5.74) is -1.39. The van der Waals surface area contributed by atoms with Crippen LogP contribution in [0.5, 0.6) is 11.5 Å². The molecule has 0 aromatic heterocycles. The number of nitro benzene ring substituents is 1. The summed E-state index contributed by atoms with van der Waals surface area (Å²) < 4.78 is 64.5. The zero-order valence-corrected chi connectivity index (χ0v) is 16.6. The highest BCUT2D eigenvalue weighted by Crippen LogP contribution is 2.42. The van der Waals surface area contributed by atoms with Crippen molar-refractivity contribution in [2.24, 2.45) is 10.2 Å². The molecule has 13 nitrogen and oxygen atoms in total. The number of hydrogen-bond donors (Lipinski definition) is 4. The van der Waals surface area contributed by atoms with E-state index in [1.54, 1.807) is 0 Å². The van der Waals surface area contributed by atoms with Crippen LogP contribution < -0.4 is 0 Å². The van der Waals surface area contributed by atoms with Gasteiger partial charge in [-0.1, -0.05) is 6.07 Å². The number of nitrogens with zero attached hydrogens (tertiary/aromatic N) is 3. The van der Waals surface area contributed by atoms with Gasteiger partial charge in [-0.15, -0.1) is 10.2 Å². The van der Waals surface area contributed by atoms with Crippen molar-refractivity contribution < 1.29 is 41.1 Å². The lowest BCUT2D eigenvalue weighted by Gasteiger charge is -2.09. The summed E-state index contributed by atoms with van der Waals surface area (Å²) in [6.45, 7) is 0. The van der Waals surface area contributed by atoms with Crippen LogP contribution in [0.3, 0.4) is 0 Å². The summed E-state index contributed by atoms with van der Waals surface area (Å²) >= 11 is 0. The van der Waals surface area contributed by atoms with Gasteiger partial charge in [0.2, 0.25) is 0 Å². The Bertz CT molecular complexity index is 1480. The van der Waals surface area contributed by atoms with Crippen LogP contribution in [0.25, 0.3) is 10.8 Å². The molecule has 162 valence electrons. The van der Waals surface area contributed by atoms with E-state index in [0.29, 0.717) is 0 Å². The first-order valence-electron chi connectivity index (χ1n) is 7.93. The van der Waals surface area contributed by atoms with Crippen LogP contribution >= 0.6 is 0 Å². The zero-order chi connectivity index (χ0) is 23.1. The van der Waals surface area contributed by atoms with Crippen molar-refractivity contribution >= 4 is 48.1 Å². The standard InChI is InChI=1S/C16H11N3O10S2/c20-13-4-1-9(19(22)23)7-12(13)17-18-15-11-3-2-10(30(24,25)26)5-8(11)6-14(16(15)21)31(27,28)29/h1-7,20-21H,(H,24,25,26)(H,27,28,29)/b18-17+. The third-order valence-electron chi connectivity index (χ3n) is 4.03. The minimum Gasteiger partial charge on any atom is -0.506 e. The number of azo groups is 1. The van der Waals surface area contributed by atoms with Crippen LogP contribution in [0.2, 0.25) is 0 Å². The van der Waals surface area contributed by atoms with Gasteiger partial charge in [-0.25, -0.2) is 0 Å².